The van der Waals surface area contributed by atoms with Gasteiger partial charge in [0.05, 0.1) is 16.8 Å². The quantitative estimate of drug-likeness (QED) is 0.842. The van der Waals surface area contributed by atoms with E-state index in [0.717, 1.165) is 44.8 Å². The molecular formula is C19H24N4O2S. The van der Waals surface area contributed by atoms with E-state index in [1.165, 1.54) is 4.88 Å². The van der Waals surface area contributed by atoms with Crippen molar-refractivity contribution in [1.29, 1.82) is 0 Å². The second-order valence-corrected chi connectivity index (χ2v) is 8.12. The molecule has 0 saturated carbocycles. The summed E-state index contributed by atoms with van der Waals surface area (Å²) in [5, 5.41) is 3.02. The fraction of sp³-hybridized carbons (Fsp3) is 0.526. The summed E-state index contributed by atoms with van der Waals surface area (Å²) in [5.41, 5.74) is 3.70. The van der Waals surface area contributed by atoms with Gasteiger partial charge in [0, 0.05) is 55.6 Å². The molecule has 1 atom stereocenters. The van der Waals surface area contributed by atoms with Crippen LogP contribution in [0.25, 0.3) is 0 Å². The van der Waals surface area contributed by atoms with Crippen molar-refractivity contribution in [3.8, 4) is 0 Å². The maximum absolute atomic E-state index is 12.1. The Balaban J connectivity index is 1.26. The number of aryl methyl sites for hydroxylation is 1. The van der Waals surface area contributed by atoms with Gasteiger partial charge in [-0.1, -0.05) is 0 Å². The average Bonchev–Trinajstić information content (AvgIpc) is 3.22. The number of ether oxygens (including phenoxy) is 1. The van der Waals surface area contributed by atoms with Crippen LogP contribution < -0.4 is 5.32 Å². The molecule has 0 aromatic carbocycles. The zero-order valence-corrected chi connectivity index (χ0v) is 15.8. The minimum Gasteiger partial charge on any atom is -0.372 e. The third kappa shape index (κ3) is 3.51. The van der Waals surface area contributed by atoms with Crippen molar-refractivity contribution in [2.75, 3.05) is 26.2 Å². The van der Waals surface area contributed by atoms with Crippen LogP contribution in [0.4, 0.5) is 0 Å². The highest BCUT2D eigenvalue weighted by molar-refractivity contribution is 7.09. The van der Waals surface area contributed by atoms with E-state index in [1.807, 2.05) is 5.51 Å². The molecule has 2 aromatic rings. The molecule has 0 unspecified atom stereocenters. The van der Waals surface area contributed by atoms with Crippen LogP contribution in [0.15, 0.2) is 30.0 Å². The number of hydrogen-bond acceptors (Lipinski definition) is 6. The molecule has 4 rings (SSSR count). The summed E-state index contributed by atoms with van der Waals surface area (Å²) in [4.78, 5) is 24.2. The first kappa shape index (κ1) is 17.6. The Morgan fingerprint density at radius 2 is 2.23 bits per heavy atom. The van der Waals surface area contributed by atoms with Gasteiger partial charge in [-0.3, -0.25) is 14.7 Å². The summed E-state index contributed by atoms with van der Waals surface area (Å²) in [6.45, 7) is 6.51. The van der Waals surface area contributed by atoms with Gasteiger partial charge in [0.1, 0.15) is 0 Å². The molecule has 1 amide bonds. The van der Waals surface area contributed by atoms with E-state index in [4.69, 9.17) is 4.74 Å². The number of aromatic nitrogens is 2. The van der Waals surface area contributed by atoms with E-state index in [0.29, 0.717) is 18.0 Å². The van der Waals surface area contributed by atoms with Gasteiger partial charge in [-0.05, 0) is 37.8 Å². The summed E-state index contributed by atoms with van der Waals surface area (Å²) in [6, 6.07) is 3.47. The molecule has 26 heavy (non-hydrogen) atoms. The maximum atomic E-state index is 12.1. The Bertz CT molecular complexity index is 758. The third-order valence-electron chi connectivity index (χ3n) is 5.52. The molecule has 1 spiro atoms. The zero-order chi connectivity index (χ0) is 18.0. The maximum Gasteiger partial charge on any atom is 0.251 e. The van der Waals surface area contributed by atoms with E-state index in [-0.39, 0.29) is 11.5 Å². The minimum atomic E-state index is -0.0312. The van der Waals surface area contributed by atoms with Crippen LogP contribution in [0, 0.1) is 12.8 Å². The number of likely N-dealkylation sites (tertiary alicyclic amines) is 1. The summed E-state index contributed by atoms with van der Waals surface area (Å²) >= 11 is 1.73. The largest absolute Gasteiger partial charge is 0.372 e. The number of nitrogens with zero attached hydrogens (tertiary/aromatic N) is 3. The summed E-state index contributed by atoms with van der Waals surface area (Å²) in [5.74, 6) is 0.482. The molecule has 2 fully saturated rings. The summed E-state index contributed by atoms with van der Waals surface area (Å²) < 4.78 is 6.14. The number of amides is 1. The number of carbonyl (C=O) groups excluding carboxylic acids is 1. The first-order chi connectivity index (χ1) is 12.7. The van der Waals surface area contributed by atoms with Crippen molar-refractivity contribution in [2.24, 2.45) is 5.92 Å². The van der Waals surface area contributed by atoms with Crippen LogP contribution >= 0.6 is 11.3 Å². The molecule has 7 heteroatoms. The van der Waals surface area contributed by atoms with Crippen molar-refractivity contribution in [2.45, 2.75) is 31.9 Å². The highest BCUT2D eigenvalue weighted by Crippen LogP contribution is 2.42. The molecule has 2 aliphatic rings. The number of thiazole rings is 1. The number of pyridine rings is 1. The molecule has 2 aromatic heterocycles. The van der Waals surface area contributed by atoms with Crippen molar-refractivity contribution < 1.29 is 9.53 Å². The van der Waals surface area contributed by atoms with E-state index in [2.05, 4.69) is 27.1 Å². The third-order valence-corrected chi connectivity index (χ3v) is 6.44. The lowest BCUT2D eigenvalue weighted by atomic mass is 9.79. The molecular weight excluding hydrogens is 348 g/mol. The van der Waals surface area contributed by atoms with Crippen LogP contribution in [0.5, 0.6) is 0 Å². The Morgan fingerprint density at radius 1 is 1.42 bits per heavy atom. The van der Waals surface area contributed by atoms with Crippen molar-refractivity contribution in [3.05, 3.63) is 46.2 Å². The van der Waals surface area contributed by atoms with Crippen LogP contribution in [-0.2, 0) is 11.3 Å². The minimum absolute atomic E-state index is 0.0139. The fourth-order valence-corrected chi connectivity index (χ4v) is 4.83. The van der Waals surface area contributed by atoms with Gasteiger partial charge in [0.2, 0.25) is 0 Å². The number of hydrogen-bond donors (Lipinski definition) is 1. The molecule has 6 nitrogen and oxygen atoms in total. The Hall–Kier alpha value is -1.83. The van der Waals surface area contributed by atoms with E-state index >= 15 is 0 Å². The van der Waals surface area contributed by atoms with Gasteiger partial charge in [-0.2, -0.15) is 0 Å². The number of rotatable bonds is 6. The molecule has 0 radical (unpaired) electrons. The Labute approximate surface area is 157 Å². The van der Waals surface area contributed by atoms with Crippen molar-refractivity contribution in [3.63, 3.8) is 0 Å². The van der Waals surface area contributed by atoms with Gasteiger partial charge >= 0.3 is 0 Å². The van der Waals surface area contributed by atoms with Crippen molar-refractivity contribution >= 4 is 17.2 Å². The predicted molar refractivity (Wildman–Crippen MR) is 100 cm³/mol. The SMILES string of the molecule is Cc1ncsc1CN1CC2(C1)OCC[C@H]2CCNC(=O)c1ccncc1. The molecule has 138 valence electrons. The number of nitrogens with one attached hydrogen (secondary N) is 1. The Morgan fingerprint density at radius 3 is 2.96 bits per heavy atom. The molecule has 2 saturated heterocycles. The number of carbonyl (C=O) groups is 1. The summed E-state index contributed by atoms with van der Waals surface area (Å²) in [7, 11) is 0. The van der Waals surface area contributed by atoms with Crippen molar-refractivity contribution in [1.82, 2.24) is 20.2 Å². The Kier molecular flexibility index (Phi) is 5.02. The van der Waals surface area contributed by atoms with Gasteiger partial charge < -0.3 is 10.1 Å². The normalized spacial score (nSPS) is 21.7. The highest BCUT2D eigenvalue weighted by atomic mass is 32.1. The van der Waals surface area contributed by atoms with Crippen LogP contribution in [0.2, 0.25) is 0 Å². The fourth-order valence-electron chi connectivity index (χ4n) is 4.01. The highest BCUT2D eigenvalue weighted by Gasteiger charge is 2.52. The van der Waals surface area contributed by atoms with Crippen LogP contribution in [0.1, 0.15) is 33.8 Å². The van der Waals surface area contributed by atoms with Gasteiger partial charge in [-0.15, -0.1) is 11.3 Å². The van der Waals surface area contributed by atoms with Gasteiger partial charge in [0.25, 0.3) is 5.91 Å². The molecule has 0 bridgehead atoms. The smallest absolute Gasteiger partial charge is 0.251 e. The standard InChI is InChI=1S/C19H24N4O2S/c1-14-17(26-13-22-14)10-23-11-19(12-23)16(5-9-25-19)4-8-21-18(24)15-2-6-20-7-3-15/h2-3,6-7,13,16H,4-5,8-12H2,1H3,(H,21,24)/t16-/m1/s1. The predicted octanol–water partition coefficient (Wildman–Crippen LogP) is 2.26. The lowest BCUT2D eigenvalue weighted by molar-refractivity contribution is -0.136. The monoisotopic (exact) mass is 372 g/mol. The molecule has 2 aliphatic heterocycles. The zero-order valence-electron chi connectivity index (χ0n) is 15.0. The topological polar surface area (TPSA) is 67.3 Å². The molecule has 1 N–H and O–H groups in total. The van der Waals surface area contributed by atoms with Gasteiger partial charge in [0.15, 0.2) is 0 Å². The van der Waals surface area contributed by atoms with E-state index in [1.54, 1.807) is 35.9 Å². The molecule has 0 aliphatic carbocycles. The lowest BCUT2D eigenvalue weighted by Crippen LogP contribution is -2.64. The molecule has 4 heterocycles. The van der Waals surface area contributed by atoms with Crippen LogP contribution in [0.3, 0.4) is 0 Å². The van der Waals surface area contributed by atoms with E-state index < -0.39 is 0 Å². The van der Waals surface area contributed by atoms with Gasteiger partial charge in [-0.25, -0.2) is 4.98 Å². The van der Waals surface area contributed by atoms with E-state index in [9.17, 15) is 4.79 Å². The average molecular weight is 372 g/mol. The first-order valence-corrected chi connectivity index (χ1v) is 9.98. The van der Waals surface area contributed by atoms with Crippen LogP contribution in [-0.4, -0.2) is 52.6 Å². The lowest BCUT2D eigenvalue weighted by Gasteiger charge is -2.50. The second kappa shape index (κ2) is 7.42. The summed E-state index contributed by atoms with van der Waals surface area (Å²) in [6.07, 6.45) is 5.33. The first-order valence-electron chi connectivity index (χ1n) is 9.10. The second-order valence-electron chi connectivity index (χ2n) is 7.19.